The number of hydrogen-bond acceptors (Lipinski definition) is 9. The van der Waals surface area contributed by atoms with Crippen LogP contribution in [0.3, 0.4) is 0 Å². The number of nitrogens with one attached hydrogen (secondary N) is 1. The molecule has 2 aromatic heterocycles. The number of anilines is 3. The predicted octanol–water partition coefficient (Wildman–Crippen LogP) is 3.86. The van der Waals surface area contributed by atoms with Crippen LogP contribution >= 0.6 is 11.3 Å². The van der Waals surface area contributed by atoms with Crippen molar-refractivity contribution in [2.24, 2.45) is 5.14 Å². The van der Waals surface area contributed by atoms with Crippen LogP contribution in [-0.2, 0) is 14.8 Å². The lowest BCUT2D eigenvalue weighted by molar-refractivity contribution is 0.196. The summed E-state index contributed by atoms with van der Waals surface area (Å²) in [4.78, 5) is 11.2. The fraction of sp³-hybridized carbons (Fsp3) is 0.364. The van der Waals surface area contributed by atoms with Crippen LogP contribution in [0.5, 0.6) is 5.75 Å². The molecule has 0 radical (unpaired) electrons. The van der Waals surface area contributed by atoms with Crippen LogP contribution in [0.15, 0.2) is 46.8 Å². The third kappa shape index (κ3) is 6.87. The normalized spacial score (nSPS) is 11.6. The highest BCUT2D eigenvalue weighted by Crippen LogP contribution is 2.33. The van der Waals surface area contributed by atoms with Gasteiger partial charge in [-0.15, -0.1) is 11.3 Å². The Kier molecular flexibility index (Phi) is 8.25. The van der Waals surface area contributed by atoms with Crippen molar-refractivity contribution in [1.82, 2.24) is 9.97 Å². The number of benzene rings is 1. The number of methoxy groups -OCH3 is 1. The number of nitrogens with zero attached hydrogens (tertiary/aromatic N) is 3. The Morgan fingerprint density at radius 2 is 2.03 bits per heavy atom. The zero-order chi connectivity index (χ0) is 24.0. The molecule has 3 N–H and O–H groups in total. The zero-order valence-corrected chi connectivity index (χ0v) is 20.7. The summed E-state index contributed by atoms with van der Waals surface area (Å²) in [6.45, 7) is 5.35. The van der Waals surface area contributed by atoms with Crippen molar-refractivity contribution in [1.29, 1.82) is 0 Å². The zero-order valence-electron chi connectivity index (χ0n) is 19.1. The maximum Gasteiger partial charge on any atom is 0.238 e. The molecule has 0 amide bonds. The van der Waals surface area contributed by atoms with E-state index in [4.69, 9.17) is 14.6 Å². The third-order valence-electron chi connectivity index (χ3n) is 4.66. The topological polar surface area (TPSA) is 120 Å². The molecule has 11 heteroatoms. The van der Waals surface area contributed by atoms with Crippen LogP contribution in [0.2, 0.25) is 0 Å². The first-order valence-electron chi connectivity index (χ1n) is 10.4. The Bertz CT molecular complexity index is 1160. The van der Waals surface area contributed by atoms with E-state index in [1.54, 1.807) is 19.4 Å². The van der Waals surface area contributed by atoms with Crippen molar-refractivity contribution in [2.45, 2.75) is 31.3 Å². The summed E-state index contributed by atoms with van der Waals surface area (Å²) in [5, 5.41) is 11.0. The van der Waals surface area contributed by atoms with Gasteiger partial charge in [-0.05, 0) is 50.6 Å². The molecule has 0 aliphatic rings. The number of primary sulfonamides is 1. The van der Waals surface area contributed by atoms with E-state index in [2.05, 4.69) is 20.2 Å². The molecule has 0 aliphatic carbocycles. The Hall–Kier alpha value is -2.73. The second kappa shape index (κ2) is 10.9. The van der Waals surface area contributed by atoms with E-state index in [1.807, 2.05) is 38.4 Å². The van der Waals surface area contributed by atoms with Crippen molar-refractivity contribution < 1.29 is 17.9 Å². The molecule has 0 saturated carbocycles. The minimum Gasteiger partial charge on any atom is -0.489 e. The first-order valence-corrected chi connectivity index (χ1v) is 12.8. The van der Waals surface area contributed by atoms with Crippen molar-refractivity contribution >= 4 is 38.0 Å². The van der Waals surface area contributed by atoms with Crippen molar-refractivity contribution in [3.63, 3.8) is 0 Å². The fourth-order valence-corrected chi connectivity index (χ4v) is 4.32. The Labute approximate surface area is 198 Å². The molecule has 0 atom stereocenters. The maximum atomic E-state index is 11.8. The smallest absolute Gasteiger partial charge is 0.238 e. The molecule has 0 aliphatic heterocycles. The minimum absolute atomic E-state index is 0.00714. The van der Waals surface area contributed by atoms with Gasteiger partial charge in [0.05, 0.1) is 22.4 Å². The second-order valence-corrected chi connectivity index (χ2v) is 10.1. The first-order chi connectivity index (χ1) is 15.7. The van der Waals surface area contributed by atoms with Crippen LogP contribution in [-0.4, -0.2) is 51.8 Å². The monoisotopic (exact) mass is 491 g/mol. The van der Waals surface area contributed by atoms with Crippen LogP contribution < -0.4 is 20.1 Å². The molecule has 9 nitrogen and oxygen atoms in total. The van der Waals surface area contributed by atoms with Crippen molar-refractivity contribution in [3.05, 3.63) is 41.9 Å². The second-order valence-electron chi connectivity index (χ2n) is 7.71. The number of sulfonamides is 1. The summed E-state index contributed by atoms with van der Waals surface area (Å²) in [7, 11) is -0.163. The van der Waals surface area contributed by atoms with E-state index in [9.17, 15) is 8.42 Å². The molecule has 0 fully saturated rings. The van der Waals surface area contributed by atoms with E-state index in [1.165, 1.54) is 23.5 Å². The highest BCUT2D eigenvalue weighted by Gasteiger charge is 2.15. The van der Waals surface area contributed by atoms with E-state index < -0.39 is 10.0 Å². The van der Waals surface area contributed by atoms with Gasteiger partial charge in [-0.3, -0.25) is 0 Å². The summed E-state index contributed by atoms with van der Waals surface area (Å²) < 4.78 is 34.5. The highest BCUT2D eigenvalue weighted by molar-refractivity contribution is 7.89. The van der Waals surface area contributed by atoms with Crippen molar-refractivity contribution in [3.8, 4) is 17.0 Å². The van der Waals surface area contributed by atoms with Gasteiger partial charge in [0, 0.05) is 44.4 Å². The lowest BCUT2D eigenvalue weighted by Gasteiger charge is -2.17. The largest absolute Gasteiger partial charge is 0.489 e. The predicted molar refractivity (Wildman–Crippen MR) is 132 cm³/mol. The Balaban J connectivity index is 1.78. The van der Waals surface area contributed by atoms with E-state index in [0.29, 0.717) is 23.2 Å². The van der Waals surface area contributed by atoms with Crippen LogP contribution in [0.4, 0.5) is 16.6 Å². The number of thiazole rings is 1. The molecule has 178 valence electrons. The summed E-state index contributed by atoms with van der Waals surface area (Å²) in [5.41, 5.74) is 2.12. The number of nitrogens with two attached hydrogens (primary N) is 1. The fourth-order valence-electron chi connectivity index (χ4n) is 3.04. The number of pyridine rings is 1. The molecule has 3 aromatic rings. The highest BCUT2D eigenvalue weighted by atomic mass is 32.2. The standard InChI is InChI=1S/C22H29N5O4S2/c1-15(2)31-20-8-7-17(33(23,28)29)12-18(20)25-22-26-19(14-32-22)16-6-9-21(24-13-16)27(3)10-5-11-30-4/h6-9,12-15H,5,10-11H2,1-4H3,(H,25,26)(H2,23,28,29). The summed E-state index contributed by atoms with van der Waals surface area (Å²) in [6, 6.07) is 8.39. The van der Waals surface area contributed by atoms with Gasteiger partial charge in [0.2, 0.25) is 10.0 Å². The Morgan fingerprint density at radius 3 is 2.67 bits per heavy atom. The first kappa shape index (κ1) is 24.9. The molecule has 0 spiro atoms. The number of rotatable bonds is 11. The van der Waals surface area contributed by atoms with Gasteiger partial charge in [-0.2, -0.15) is 0 Å². The molecule has 1 aromatic carbocycles. The van der Waals surface area contributed by atoms with Gasteiger partial charge in [0.1, 0.15) is 11.6 Å². The van der Waals surface area contributed by atoms with Crippen molar-refractivity contribution in [2.75, 3.05) is 37.5 Å². The molecule has 2 heterocycles. The molecule has 0 unspecified atom stereocenters. The van der Waals surface area contributed by atoms with Gasteiger partial charge in [0.25, 0.3) is 0 Å². The molecular weight excluding hydrogens is 462 g/mol. The third-order valence-corrected chi connectivity index (χ3v) is 6.33. The molecule has 3 rings (SSSR count). The lowest BCUT2D eigenvalue weighted by Crippen LogP contribution is -2.20. The van der Waals surface area contributed by atoms with Gasteiger partial charge >= 0.3 is 0 Å². The minimum atomic E-state index is -3.85. The quantitative estimate of drug-likeness (QED) is 0.388. The van der Waals surface area contributed by atoms with Gasteiger partial charge in [0.15, 0.2) is 5.13 Å². The van der Waals surface area contributed by atoms with Crippen LogP contribution in [0.25, 0.3) is 11.3 Å². The Morgan fingerprint density at radius 1 is 1.24 bits per heavy atom. The maximum absolute atomic E-state index is 11.8. The summed E-state index contributed by atoms with van der Waals surface area (Å²) in [5.74, 6) is 1.38. The molecular formula is C22H29N5O4S2. The average molecular weight is 492 g/mol. The lowest BCUT2D eigenvalue weighted by atomic mass is 10.2. The van der Waals surface area contributed by atoms with Crippen LogP contribution in [0, 0.1) is 0 Å². The van der Waals surface area contributed by atoms with E-state index >= 15 is 0 Å². The van der Waals surface area contributed by atoms with E-state index in [0.717, 1.165) is 30.0 Å². The average Bonchev–Trinajstić information content (AvgIpc) is 3.22. The van der Waals surface area contributed by atoms with E-state index in [-0.39, 0.29) is 11.0 Å². The van der Waals surface area contributed by atoms with Crippen LogP contribution in [0.1, 0.15) is 20.3 Å². The number of ether oxygens (including phenoxy) is 2. The molecule has 33 heavy (non-hydrogen) atoms. The number of aromatic nitrogens is 2. The number of hydrogen-bond donors (Lipinski definition) is 2. The molecule has 0 saturated heterocycles. The summed E-state index contributed by atoms with van der Waals surface area (Å²) in [6.07, 6.45) is 2.62. The molecule has 0 bridgehead atoms. The van der Waals surface area contributed by atoms with Gasteiger partial charge in [-0.25, -0.2) is 23.5 Å². The van der Waals surface area contributed by atoms with Gasteiger partial charge in [-0.1, -0.05) is 0 Å². The SMILES string of the molecule is COCCCN(C)c1ccc(-c2csc(Nc3cc(S(N)(=O)=O)ccc3OC(C)C)n2)cn1. The van der Waals surface area contributed by atoms with Gasteiger partial charge < -0.3 is 19.7 Å². The summed E-state index contributed by atoms with van der Waals surface area (Å²) >= 11 is 1.39.